The largest absolute Gasteiger partial charge is 0.349 e. The van der Waals surface area contributed by atoms with Crippen molar-refractivity contribution in [3.63, 3.8) is 0 Å². The molecule has 2 N–H and O–H groups in total. The van der Waals surface area contributed by atoms with Crippen LogP contribution in [-0.2, 0) is 26.8 Å². The summed E-state index contributed by atoms with van der Waals surface area (Å²) in [5, 5.41) is 6.06. The van der Waals surface area contributed by atoms with Crippen LogP contribution in [0.15, 0.2) is 102 Å². The fourth-order valence-corrected chi connectivity index (χ4v) is 7.48. The number of nitrogens with one attached hydrogen (secondary N) is 2. The van der Waals surface area contributed by atoms with E-state index in [1.54, 1.807) is 19.3 Å². The summed E-state index contributed by atoms with van der Waals surface area (Å²) < 4.78 is 1.38. The van der Waals surface area contributed by atoms with Crippen molar-refractivity contribution in [3.05, 3.63) is 129 Å². The summed E-state index contributed by atoms with van der Waals surface area (Å²) in [4.78, 5) is 68.0. The Hall–Kier alpha value is -5.05. The zero-order valence-corrected chi connectivity index (χ0v) is 27.3. The lowest BCUT2D eigenvalue weighted by molar-refractivity contribution is -0.135. The van der Waals surface area contributed by atoms with Crippen LogP contribution in [-0.4, -0.2) is 58.6 Å². The molecule has 3 aliphatic rings. The first-order valence-corrected chi connectivity index (χ1v) is 16.8. The van der Waals surface area contributed by atoms with E-state index in [-0.39, 0.29) is 29.0 Å². The van der Waals surface area contributed by atoms with Gasteiger partial charge >= 0.3 is 0 Å². The van der Waals surface area contributed by atoms with Crippen molar-refractivity contribution in [2.45, 2.75) is 68.4 Å². The number of hydrogen-bond donors (Lipinski definition) is 2. The first-order valence-electron chi connectivity index (χ1n) is 16.8. The Morgan fingerprint density at radius 2 is 1.71 bits per heavy atom. The molecule has 9 nitrogen and oxygen atoms in total. The lowest BCUT2D eigenvalue weighted by Gasteiger charge is -2.43. The monoisotopic (exact) mass is 646 g/mol. The highest BCUT2D eigenvalue weighted by molar-refractivity contribution is 5.96. The van der Waals surface area contributed by atoms with Gasteiger partial charge in [0.2, 0.25) is 11.8 Å². The molecule has 0 bridgehead atoms. The van der Waals surface area contributed by atoms with Crippen molar-refractivity contribution < 1.29 is 19.2 Å². The molecule has 2 aliphatic carbocycles. The van der Waals surface area contributed by atoms with Crippen molar-refractivity contribution in [2.24, 2.45) is 7.05 Å². The molecule has 2 heterocycles. The van der Waals surface area contributed by atoms with Gasteiger partial charge < -0.3 is 24.9 Å². The van der Waals surface area contributed by atoms with Crippen molar-refractivity contribution in [1.29, 1.82) is 0 Å². The van der Waals surface area contributed by atoms with Gasteiger partial charge in [0.1, 0.15) is 11.8 Å². The summed E-state index contributed by atoms with van der Waals surface area (Å²) >= 11 is 0. The molecule has 1 aromatic heterocycles. The molecule has 9 heteroatoms. The van der Waals surface area contributed by atoms with E-state index in [2.05, 4.69) is 22.8 Å². The van der Waals surface area contributed by atoms with Gasteiger partial charge in [-0.1, -0.05) is 72.8 Å². The van der Waals surface area contributed by atoms with E-state index in [0.29, 0.717) is 45.2 Å². The molecule has 0 radical (unpaired) electrons. The number of rotatable bonds is 9. The van der Waals surface area contributed by atoms with Crippen LogP contribution < -0.4 is 16.2 Å². The van der Waals surface area contributed by atoms with E-state index in [9.17, 15) is 24.0 Å². The Labute approximate surface area is 280 Å². The number of carbonyl (C=O) groups excluding carboxylic acids is 4. The predicted molar refractivity (Wildman–Crippen MR) is 183 cm³/mol. The average molecular weight is 647 g/mol. The molecule has 0 unspecified atom stereocenters. The van der Waals surface area contributed by atoms with Gasteiger partial charge in [0.15, 0.2) is 0 Å². The summed E-state index contributed by atoms with van der Waals surface area (Å²) in [5.74, 6) is -1.06. The maximum atomic E-state index is 14.5. The van der Waals surface area contributed by atoms with Gasteiger partial charge in [-0.15, -0.1) is 0 Å². The molecular weight excluding hydrogens is 604 g/mol. The molecule has 0 spiro atoms. The summed E-state index contributed by atoms with van der Waals surface area (Å²) in [6.45, 7) is 0.954. The van der Waals surface area contributed by atoms with E-state index in [1.807, 2.05) is 65.6 Å². The number of pyridine rings is 1. The predicted octanol–water partition coefficient (Wildman–Crippen LogP) is 4.32. The van der Waals surface area contributed by atoms with Crippen molar-refractivity contribution >= 4 is 24.0 Å². The minimum Gasteiger partial charge on any atom is -0.349 e. The van der Waals surface area contributed by atoms with Gasteiger partial charge in [-0.05, 0) is 79.3 Å². The Bertz CT molecular complexity index is 1800. The number of nitrogens with zero attached hydrogens (tertiary/aromatic N) is 2. The van der Waals surface area contributed by atoms with Gasteiger partial charge in [-0.25, -0.2) is 0 Å². The Balaban J connectivity index is 1.21. The minimum absolute atomic E-state index is 0.00742. The fraction of sp³-hybridized carbons (Fsp3) is 0.359. The molecule has 1 saturated heterocycles. The zero-order chi connectivity index (χ0) is 33.7. The molecule has 3 atom stereocenters. The number of amides is 3. The number of aryl methyl sites for hydroxylation is 1. The summed E-state index contributed by atoms with van der Waals surface area (Å²) in [5.41, 5.74) is 2.15. The van der Waals surface area contributed by atoms with Crippen LogP contribution in [0, 0.1) is 0 Å². The third-order valence-corrected chi connectivity index (χ3v) is 10.1. The molecule has 3 aromatic rings. The van der Waals surface area contributed by atoms with E-state index >= 15 is 0 Å². The summed E-state index contributed by atoms with van der Waals surface area (Å²) in [6.07, 6.45) is 13.0. The second kappa shape index (κ2) is 14.4. The first-order chi connectivity index (χ1) is 23.3. The van der Waals surface area contributed by atoms with Crippen molar-refractivity contribution in [3.8, 4) is 0 Å². The number of benzene rings is 2. The molecule has 248 valence electrons. The second-order valence-corrected chi connectivity index (χ2v) is 13.0. The molecular formula is C39H42N4O5. The molecule has 0 saturated carbocycles. The first kappa shape index (κ1) is 32.9. The third-order valence-electron chi connectivity index (χ3n) is 10.1. The average Bonchev–Trinajstić information content (AvgIpc) is 3.12. The lowest BCUT2D eigenvalue weighted by Crippen LogP contribution is -2.53. The molecule has 6 rings (SSSR count). The number of aldehydes is 1. The molecule has 3 amide bonds. The summed E-state index contributed by atoms with van der Waals surface area (Å²) in [6, 6.07) is 19.7. The maximum absolute atomic E-state index is 14.5. The van der Waals surface area contributed by atoms with Crippen LogP contribution in [0.2, 0.25) is 0 Å². The number of piperidine rings is 1. The quantitative estimate of drug-likeness (QED) is 0.336. The molecule has 1 aliphatic heterocycles. The Kier molecular flexibility index (Phi) is 9.85. The number of fused-ring (bicyclic) bond motifs is 1. The Morgan fingerprint density at radius 1 is 0.958 bits per heavy atom. The van der Waals surface area contributed by atoms with Crippen LogP contribution >= 0.6 is 0 Å². The highest BCUT2D eigenvalue weighted by atomic mass is 16.2. The number of carbonyl (C=O) groups is 4. The topological polar surface area (TPSA) is 118 Å². The van der Waals surface area contributed by atoms with Gasteiger partial charge in [0.25, 0.3) is 11.5 Å². The normalized spacial score (nSPS) is 21.4. The minimum atomic E-state index is -1.07. The van der Waals surface area contributed by atoms with E-state index in [0.717, 1.165) is 41.4 Å². The van der Waals surface area contributed by atoms with Gasteiger partial charge in [-0.3, -0.25) is 19.2 Å². The molecule has 2 aromatic carbocycles. The smallest absolute Gasteiger partial charge is 0.263 e. The number of allylic oxidation sites excluding steroid dienone is 3. The van der Waals surface area contributed by atoms with Gasteiger partial charge in [-0.2, -0.15) is 0 Å². The Morgan fingerprint density at radius 3 is 2.44 bits per heavy atom. The number of hydrogen-bond acceptors (Lipinski definition) is 5. The van der Waals surface area contributed by atoms with Crippen LogP contribution in [0.25, 0.3) is 0 Å². The van der Waals surface area contributed by atoms with Crippen molar-refractivity contribution in [2.75, 3.05) is 13.1 Å². The van der Waals surface area contributed by atoms with Crippen LogP contribution in [0.4, 0.5) is 0 Å². The molecule has 48 heavy (non-hydrogen) atoms. The van der Waals surface area contributed by atoms with Crippen LogP contribution in [0.3, 0.4) is 0 Å². The van der Waals surface area contributed by atoms with Crippen LogP contribution in [0.5, 0.6) is 0 Å². The highest BCUT2D eigenvalue weighted by Gasteiger charge is 2.49. The standard InChI is InChI=1S/C39H42N4O5/c1-42-22-10-16-33(36(42)46)35(45)40-29-19-23-43(24-20-29)37(47)32-18-21-39(28-13-6-3-7-14-28,34-17-9-8-15-31(32)34)38(48)41-30(26-44)25-27-11-4-2-5-12-27/h3-4,6-17,22,26,29-30,32H,2,5,18-21,23-25H2,1H3,(H,40,45)(H,41,48)/t30-,32+,39-/m1/s1. The van der Waals surface area contributed by atoms with Gasteiger partial charge in [0.05, 0.1) is 17.4 Å². The van der Waals surface area contributed by atoms with E-state index < -0.39 is 23.3 Å². The van der Waals surface area contributed by atoms with Crippen molar-refractivity contribution in [1.82, 2.24) is 20.1 Å². The third kappa shape index (κ3) is 6.54. The van der Waals surface area contributed by atoms with E-state index in [4.69, 9.17) is 0 Å². The second-order valence-electron chi connectivity index (χ2n) is 13.0. The summed E-state index contributed by atoms with van der Waals surface area (Å²) in [7, 11) is 1.61. The number of aromatic nitrogens is 1. The fourth-order valence-electron chi connectivity index (χ4n) is 7.48. The van der Waals surface area contributed by atoms with E-state index in [1.165, 1.54) is 10.6 Å². The van der Waals surface area contributed by atoms with Gasteiger partial charge in [0, 0.05) is 32.4 Å². The molecule has 1 fully saturated rings. The lowest BCUT2D eigenvalue weighted by atomic mass is 9.62. The highest BCUT2D eigenvalue weighted by Crippen LogP contribution is 2.48. The van der Waals surface area contributed by atoms with Crippen LogP contribution in [0.1, 0.15) is 77.9 Å². The SMILES string of the molecule is Cn1cccc(C(=O)NC2CCN(C(=O)[C@H]3CC[C@@](C(=O)N[C@@H](C=O)CC4=CCCC=C4)(c4ccccc4)c4ccccc43)CC2)c1=O. The zero-order valence-electron chi connectivity index (χ0n) is 27.3. The maximum Gasteiger partial charge on any atom is 0.263 e. The number of likely N-dealkylation sites (tertiary alicyclic amines) is 1.